The van der Waals surface area contributed by atoms with E-state index in [1.807, 2.05) is 0 Å². The van der Waals surface area contributed by atoms with Crippen molar-refractivity contribution in [3.63, 3.8) is 0 Å². The van der Waals surface area contributed by atoms with Gasteiger partial charge in [-0.1, -0.05) is 84.5 Å². The van der Waals surface area contributed by atoms with E-state index in [9.17, 15) is 0 Å². The Morgan fingerprint density at radius 3 is 1.91 bits per heavy atom. The Labute approximate surface area is 139 Å². The van der Waals surface area contributed by atoms with Crippen molar-refractivity contribution in [1.82, 2.24) is 0 Å². The van der Waals surface area contributed by atoms with Gasteiger partial charge in [-0.25, -0.2) is 0 Å². The molecule has 0 amide bonds. The molecule has 0 heteroatoms. The monoisotopic (exact) mass is 304 g/mol. The third-order valence-electron chi connectivity index (χ3n) is 7.74. The topological polar surface area (TPSA) is 0 Å². The van der Waals surface area contributed by atoms with Crippen molar-refractivity contribution in [3.8, 4) is 0 Å². The lowest BCUT2D eigenvalue weighted by atomic mass is 9.66. The lowest BCUT2D eigenvalue weighted by Crippen LogP contribution is -2.29. The van der Waals surface area contributed by atoms with Gasteiger partial charge in [-0.3, -0.25) is 0 Å². The molecule has 4 fully saturated rings. The maximum absolute atomic E-state index is 2.47. The zero-order valence-corrected chi connectivity index (χ0v) is 15.4. The van der Waals surface area contributed by atoms with Crippen LogP contribution in [-0.4, -0.2) is 0 Å². The molecule has 4 aliphatic rings. The van der Waals surface area contributed by atoms with Crippen LogP contribution in [0.2, 0.25) is 0 Å². The summed E-state index contributed by atoms with van der Waals surface area (Å²) in [5.74, 6) is 6.61. The molecule has 4 rings (SSSR count). The van der Waals surface area contributed by atoms with Gasteiger partial charge in [-0.05, 0) is 54.8 Å². The summed E-state index contributed by atoms with van der Waals surface area (Å²) in [6, 6.07) is 0. The SMILES string of the molecule is CC1CCC2CCCCC2C1.CC1CCCC2CCCCC12. The maximum Gasteiger partial charge on any atom is -0.0360 e. The molecule has 0 aliphatic heterocycles. The summed E-state index contributed by atoms with van der Waals surface area (Å²) in [6.07, 6.45) is 21.5. The second kappa shape index (κ2) is 8.20. The third kappa shape index (κ3) is 4.30. The van der Waals surface area contributed by atoms with E-state index < -0.39 is 0 Å². The molecule has 0 aromatic rings. The van der Waals surface area contributed by atoms with Crippen molar-refractivity contribution in [1.29, 1.82) is 0 Å². The molecule has 0 spiro atoms. The Morgan fingerprint density at radius 2 is 1.14 bits per heavy atom. The Morgan fingerprint density at radius 1 is 0.500 bits per heavy atom. The molecule has 6 unspecified atom stereocenters. The van der Waals surface area contributed by atoms with Crippen LogP contribution in [-0.2, 0) is 0 Å². The molecule has 0 aromatic heterocycles. The zero-order chi connectivity index (χ0) is 15.4. The standard InChI is InChI=1S/2C11H20/c1-9-5-4-7-10-6-2-3-8-11(9)10;1-9-6-7-10-4-2-3-5-11(10)8-9/h2*9-11H,2-8H2,1H3. The first-order valence-electron chi connectivity index (χ1n) is 10.7. The van der Waals surface area contributed by atoms with E-state index in [0.29, 0.717) is 0 Å². The quantitative estimate of drug-likeness (QED) is 0.443. The lowest BCUT2D eigenvalue weighted by molar-refractivity contribution is 0.114. The van der Waals surface area contributed by atoms with Crippen LogP contribution >= 0.6 is 0 Å². The van der Waals surface area contributed by atoms with Gasteiger partial charge < -0.3 is 0 Å². The molecule has 22 heavy (non-hydrogen) atoms. The predicted molar refractivity (Wildman–Crippen MR) is 96.9 cm³/mol. The molecule has 4 saturated carbocycles. The summed E-state index contributed by atoms with van der Waals surface area (Å²) < 4.78 is 0. The summed E-state index contributed by atoms with van der Waals surface area (Å²) in [6.45, 7) is 4.91. The minimum atomic E-state index is 1.04. The van der Waals surface area contributed by atoms with Crippen molar-refractivity contribution in [2.45, 2.75) is 104 Å². The van der Waals surface area contributed by atoms with Crippen LogP contribution in [0.25, 0.3) is 0 Å². The normalized spacial score (nSPS) is 45.0. The predicted octanol–water partition coefficient (Wildman–Crippen LogP) is 7.23. The van der Waals surface area contributed by atoms with E-state index in [0.717, 1.165) is 35.5 Å². The third-order valence-corrected chi connectivity index (χ3v) is 7.74. The molecule has 4 aliphatic carbocycles. The second-order valence-corrected chi connectivity index (χ2v) is 9.34. The first-order chi connectivity index (χ1) is 10.7. The van der Waals surface area contributed by atoms with E-state index in [2.05, 4.69) is 13.8 Å². The van der Waals surface area contributed by atoms with Gasteiger partial charge in [0.15, 0.2) is 0 Å². The van der Waals surface area contributed by atoms with Crippen LogP contribution in [0.4, 0.5) is 0 Å². The summed E-state index contributed by atoms with van der Waals surface area (Å²) in [5.41, 5.74) is 0. The lowest BCUT2D eigenvalue weighted by Gasteiger charge is -2.39. The van der Waals surface area contributed by atoms with Gasteiger partial charge >= 0.3 is 0 Å². The Balaban J connectivity index is 0.000000131. The number of hydrogen-bond donors (Lipinski definition) is 0. The van der Waals surface area contributed by atoms with Gasteiger partial charge in [0.05, 0.1) is 0 Å². The first kappa shape index (κ1) is 16.8. The zero-order valence-electron chi connectivity index (χ0n) is 15.4. The second-order valence-electron chi connectivity index (χ2n) is 9.34. The highest BCUT2D eigenvalue weighted by Crippen LogP contribution is 2.43. The summed E-state index contributed by atoms with van der Waals surface area (Å²) in [4.78, 5) is 0. The van der Waals surface area contributed by atoms with Crippen molar-refractivity contribution < 1.29 is 0 Å². The van der Waals surface area contributed by atoms with E-state index in [1.165, 1.54) is 44.9 Å². The van der Waals surface area contributed by atoms with Crippen LogP contribution in [0.3, 0.4) is 0 Å². The largest absolute Gasteiger partial charge is 0.0625 e. The summed E-state index contributed by atoms with van der Waals surface area (Å²) >= 11 is 0. The first-order valence-corrected chi connectivity index (χ1v) is 10.7. The highest BCUT2D eigenvalue weighted by atomic mass is 14.4. The van der Waals surface area contributed by atoms with Crippen LogP contribution in [0.1, 0.15) is 104 Å². The van der Waals surface area contributed by atoms with Gasteiger partial charge in [-0.2, -0.15) is 0 Å². The van der Waals surface area contributed by atoms with Crippen LogP contribution in [0, 0.1) is 35.5 Å². The molecule has 0 heterocycles. The van der Waals surface area contributed by atoms with Crippen LogP contribution in [0.15, 0.2) is 0 Å². The molecule has 0 N–H and O–H groups in total. The van der Waals surface area contributed by atoms with Crippen molar-refractivity contribution in [2.24, 2.45) is 35.5 Å². The van der Waals surface area contributed by atoms with Gasteiger partial charge in [0.2, 0.25) is 0 Å². The Hall–Kier alpha value is 0. The summed E-state index contributed by atoms with van der Waals surface area (Å²) in [5, 5.41) is 0. The van der Waals surface area contributed by atoms with Gasteiger partial charge in [0.1, 0.15) is 0 Å². The van der Waals surface area contributed by atoms with E-state index in [4.69, 9.17) is 0 Å². The Bertz CT molecular complexity index is 316. The smallest absolute Gasteiger partial charge is 0.0360 e. The minimum Gasteiger partial charge on any atom is -0.0625 e. The molecule has 6 atom stereocenters. The highest BCUT2D eigenvalue weighted by molar-refractivity contribution is 4.83. The maximum atomic E-state index is 2.47. The molecular weight excluding hydrogens is 264 g/mol. The Kier molecular flexibility index (Phi) is 6.28. The van der Waals surface area contributed by atoms with Crippen molar-refractivity contribution in [3.05, 3.63) is 0 Å². The number of fused-ring (bicyclic) bond motifs is 2. The van der Waals surface area contributed by atoms with Crippen molar-refractivity contribution >= 4 is 0 Å². The molecule has 0 saturated heterocycles. The molecule has 0 bridgehead atoms. The fraction of sp³-hybridized carbons (Fsp3) is 1.00. The van der Waals surface area contributed by atoms with Crippen molar-refractivity contribution in [2.75, 3.05) is 0 Å². The van der Waals surface area contributed by atoms with Crippen LogP contribution < -0.4 is 0 Å². The average Bonchev–Trinajstić information content (AvgIpc) is 2.56. The van der Waals surface area contributed by atoms with Gasteiger partial charge in [0.25, 0.3) is 0 Å². The van der Waals surface area contributed by atoms with E-state index in [-0.39, 0.29) is 0 Å². The molecule has 128 valence electrons. The van der Waals surface area contributed by atoms with Gasteiger partial charge in [-0.15, -0.1) is 0 Å². The molecular formula is C22H40. The number of hydrogen-bond acceptors (Lipinski definition) is 0. The molecule has 0 aromatic carbocycles. The van der Waals surface area contributed by atoms with Crippen LogP contribution in [0.5, 0.6) is 0 Å². The van der Waals surface area contributed by atoms with Gasteiger partial charge in [0, 0.05) is 0 Å². The van der Waals surface area contributed by atoms with E-state index in [1.54, 1.807) is 44.9 Å². The number of rotatable bonds is 0. The minimum absolute atomic E-state index is 1.04. The highest BCUT2D eigenvalue weighted by Gasteiger charge is 2.32. The van der Waals surface area contributed by atoms with E-state index >= 15 is 0 Å². The summed E-state index contributed by atoms with van der Waals surface area (Å²) in [7, 11) is 0. The fourth-order valence-corrected chi connectivity index (χ4v) is 6.37. The average molecular weight is 305 g/mol. The molecule has 0 nitrogen and oxygen atoms in total. The fourth-order valence-electron chi connectivity index (χ4n) is 6.37. The molecule has 0 radical (unpaired) electrons.